The molecule has 1 fully saturated rings. The van der Waals surface area contributed by atoms with Crippen LogP contribution in [-0.4, -0.2) is 66.0 Å². The number of benzene rings is 2. The van der Waals surface area contributed by atoms with Crippen LogP contribution in [0.2, 0.25) is 0 Å². The fraction of sp³-hybridized carbons (Fsp3) is 0.320. The molecule has 9 heteroatoms. The van der Waals surface area contributed by atoms with Crippen LogP contribution < -0.4 is 5.32 Å². The van der Waals surface area contributed by atoms with Gasteiger partial charge in [0.25, 0.3) is 0 Å². The Labute approximate surface area is 202 Å². The number of amides is 1. The molecule has 178 valence electrons. The minimum atomic E-state index is -0.373. The van der Waals surface area contributed by atoms with E-state index in [1.54, 1.807) is 54.7 Å². The molecule has 1 aromatic heterocycles. The summed E-state index contributed by atoms with van der Waals surface area (Å²) in [6.07, 6.45) is 0. The molecular formula is C25H27FN4O3S. The third-order valence-electron chi connectivity index (χ3n) is 5.56. The highest BCUT2D eigenvalue weighted by molar-refractivity contribution is 7.09. The van der Waals surface area contributed by atoms with E-state index >= 15 is 0 Å². The molecule has 1 aliphatic rings. The summed E-state index contributed by atoms with van der Waals surface area (Å²) >= 11 is 1.61. The number of esters is 1. The van der Waals surface area contributed by atoms with E-state index in [0.717, 1.165) is 49.0 Å². The average Bonchev–Trinajstić information content (AvgIpc) is 3.30. The summed E-state index contributed by atoms with van der Waals surface area (Å²) in [7, 11) is 0. The molecule has 0 saturated carbocycles. The second-order valence-electron chi connectivity index (χ2n) is 8.03. The van der Waals surface area contributed by atoms with Gasteiger partial charge in [-0.05, 0) is 55.5 Å². The Morgan fingerprint density at radius 3 is 2.38 bits per heavy atom. The molecule has 1 amide bonds. The fourth-order valence-electron chi connectivity index (χ4n) is 3.74. The van der Waals surface area contributed by atoms with Crippen molar-refractivity contribution < 1.29 is 18.7 Å². The van der Waals surface area contributed by atoms with E-state index < -0.39 is 0 Å². The maximum Gasteiger partial charge on any atom is 0.338 e. The quantitative estimate of drug-likeness (QED) is 0.491. The SMILES string of the molecule is CCOC(=O)c1ccc(NC(=O)CN2CCN(Cc3nc(-c4ccc(F)cc4)cs3)CC2)cc1. The van der Waals surface area contributed by atoms with Gasteiger partial charge in [-0.25, -0.2) is 14.2 Å². The van der Waals surface area contributed by atoms with Gasteiger partial charge in [0, 0.05) is 42.8 Å². The van der Waals surface area contributed by atoms with Crippen LogP contribution in [0.5, 0.6) is 0 Å². The van der Waals surface area contributed by atoms with Gasteiger partial charge in [-0.3, -0.25) is 14.6 Å². The van der Waals surface area contributed by atoms with Gasteiger partial charge in [0.1, 0.15) is 10.8 Å². The monoisotopic (exact) mass is 482 g/mol. The number of hydrogen-bond donors (Lipinski definition) is 1. The van der Waals surface area contributed by atoms with Crippen LogP contribution in [0.25, 0.3) is 11.3 Å². The third kappa shape index (κ3) is 6.47. The van der Waals surface area contributed by atoms with Crippen molar-refractivity contribution >= 4 is 28.9 Å². The zero-order chi connectivity index (χ0) is 23.9. The first-order chi connectivity index (χ1) is 16.5. The molecule has 1 saturated heterocycles. The molecule has 0 unspecified atom stereocenters. The highest BCUT2D eigenvalue weighted by atomic mass is 32.1. The van der Waals surface area contributed by atoms with E-state index in [1.807, 2.05) is 5.38 Å². The Balaban J connectivity index is 1.21. The number of hydrogen-bond acceptors (Lipinski definition) is 7. The van der Waals surface area contributed by atoms with E-state index in [-0.39, 0.29) is 17.7 Å². The van der Waals surface area contributed by atoms with Crippen LogP contribution in [0.3, 0.4) is 0 Å². The van der Waals surface area contributed by atoms with Gasteiger partial charge in [0.05, 0.1) is 31.0 Å². The minimum Gasteiger partial charge on any atom is -0.462 e. The molecule has 1 aliphatic heterocycles. The zero-order valence-electron chi connectivity index (χ0n) is 19.0. The van der Waals surface area contributed by atoms with Crippen LogP contribution >= 0.6 is 11.3 Å². The van der Waals surface area contributed by atoms with Gasteiger partial charge < -0.3 is 10.1 Å². The van der Waals surface area contributed by atoms with Gasteiger partial charge in [0.15, 0.2) is 0 Å². The molecule has 1 N–H and O–H groups in total. The highest BCUT2D eigenvalue weighted by Crippen LogP contribution is 2.23. The number of carbonyl (C=O) groups is 2. The van der Waals surface area contributed by atoms with Gasteiger partial charge in [-0.15, -0.1) is 11.3 Å². The average molecular weight is 483 g/mol. The number of anilines is 1. The molecule has 0 bridgehead atoms. The fourth-order valence-corrected chi connectivity index (χ4v) is 4.59. The molecule has 2 heterocycles. The molecule has 0 spiro atoms. The van der Waals surface area contributed by atoms with Crippen LogP contribution in [0, 0.1) is 5.82 Å². The largest absolute Gasteiger partial charge is 0.462 e. The van der Waals surface area contributed by atoms with Crippen molar-refractivity contribution in [3.05, 3.63) is 70.3 Å². The first-order valence-corrected chi connectivity index (χ1v) is 12.1. The Morgan fingerprint density at radius 2 is 1.71 bits per heavy atom. The van der Waals surface area contributed by atoms with Crippen LogP contribution in [0.1, 0.15) is 22.3 Å². The number of halogens is 1. The van der Waals surface area contributed by atoms with Gasteiger partial charge in [-0.1, -0.05) is 0 Å². The molecule has 0 atom stereocenters. The van der Waals surface area contributed by atoms with Crippen molar-refractivity contribution in [3.63, 3.8) is 0 Å². The van der Waals surface area contributed by atoms with Gasteiger partial charge >= 0.3 is 5.97 Å². The van der Waals surface area contributed by atoms with E-state index in [0.29, 0.717) is 24.4 Å². The maximum absolute atomic E-state index is 13.1. The first kappa shape index (κ1) is 24.0. The second kappa shape index (κ2) is 11.3. The summed E-state index contributed by atoms with van der Waals surface area (Å²) in [5, 5.41) is 5.91. The van der Waals surface area contributed by atoms with Crippen molar-refractivity contribution in [1.82, 2.24) is 14.8 Å². The molecule has 0 aliphatic carbocycles. The van der Waals surface area contributed by atoms with Crippen LogP contribution in [0.4, 0.5) is 10.1 Å². The first-order valence-electron chi connectivity index (χ1n) is 11.2. The van der Waals surface area contributed by atoms with E-state index in [1.165, 1.54) is 12.1 Å². The lowest BCUT2D eigenvalue weighted by molar-refractivity contribution is -0.117. The van der Waals surface area contributed by atoms with Gasteiger partial charge in [-0.2, -0.15) is 0 Å². The number of rotatable bonds is 8. The number of aromatic nitrogens is 1. The lowest BCUT2D eigenvalue weighted by Gasteiger charge is -2.33. The molecule has 0 radical (unpaired) electrons. The number of thiazole rings is 1. The number of ether oxygens (including phenoxy) is 1. The third-order valence-corrected chi connectivity index (χ3v) is 6.40. The van der Waals surface area contributed by atoms with Crippen LogP contribution in [0.15, 0.2) is 53.9 Å². The number of piperazine rings is 1. The van der Waals surface area contributed by atoms with Crippen molar-refractivity contribution in [2.45, 2.75) is 13.5 Å². The van der Waals surface area contributed by atoms with E-state index in [9.17, 15) is 14.0 Å². The normalized spacial score (nSPS) is 14.6. The zero-order valence-corrected chi connectivity index (χ0v) is 19.8. The predicted octanol–water partition coefficient (Wildman–Crippen LogP) is 3.88. The number of nitrogens with zero attached hydrogens (tertiary/aromatic N) is 3. The van der Waals surface area contributed by atoms with E-state index in [2.05, 4.69) is 15.1 Å². The minimum absolute atomic E-state index is 0.0822. The summed E-state index contributed by atoms with van der Waals surface area (Å²) in [5.74, 6) is -0.707. The maximum atomic E-state index is 13.1. The van der Waals surface area contributed by atoms with Crippen LogP contribution in [-0.2, 0) is 16.1 Å². The smallest absolute Gasteiger partial charge is 0.338 e. The second-order valence-corrected chi connectivity index (χ2v) is 8.97. The molecular weight excluding hydrogens is 455 g/mol. The Kier molecular flexibility index (Phi) is 7.99. The predicted molar refractivity (Wildman–Crippen MR) is 130 cm³/mol. The number of nitrogens with one attached hydrogen (secondary N) is 1. The molecule has 3 aromatic rings. The topological polar surface area (TPSA) is 74.8 Å². The summed E-state index contributed by atoms with van der Waals surface area (Å²) in [6, 6.07) is 13.1. The van der Waals surface area contributed by atoms with E-state index in [4.69, 9.17) is 9.72 Å². The molecule has 4 rings (SSSR count). The van der Waals surface area contributed by atoms with Crippen molar-refractivity contribution in [3.8, 4) is 11.3 Å². The summed E-state index contributed by atoms with van der Waals surface area (Å²) < 4.78 is 18.1. The Hall–Kier alpha value is -3.14. The molecule has 34 heavy (non-hydrogen) atoms. The molecule has 2 aromatic carbocycles. The highest BCUT2D eigenvalue weighted by Gasteiger charge is 2.20. The molecule has 7 nitrogen and oxygen atoms in total. The summed E-state index contributed by atoms with van der Waals surface area (Å²) in [4.78, 5) is 33.3. The van der Waals surface area contributed by atoms with Crippen molar-refractivity contribution in [1.29, 1.82) is 0 Å². The summed E-state index contributed by atoms with van der Waals surface area (Å²) in [5.41, 5.74) is 2.89. The Bertz CT molecular complexity index is 1110. The Morgan fingerprint density at radius 1 is 1.03 bits per heavy atom. The van der Waals surface area contributed by atoms with Gasteiger partial charge in [0.2, 0.25) is 5.91 Å². The standard InChI is InChI=1S/C25H27FN4O3S/c1-2-33-25(32)19-5-9-21(10-6-19)27-23(31)15-29-11-13-30(14-12-29)16-24-28-22(17-34-24)18-3-7-20(26)8-4-18/h3-10,17H,2,11-16H2,1H3,(H,27,31). The summed E-state index contributed by atoms with van der Waals surface area (Å²) in [6.45, 7) is 6.47. The number of carbonyl (C=O) groups excluding carboxylic acids is 2. The lowest BCUT2D eigenvalue weighted by atomic mass is 10.2. The van der Waals surface area contributed by atoms with Crippen molar-refractivity contribution in [2.24, 2.45) is 0 Å². The lowest BCUT2D eigenvalue weighted by Crippen LogP contribution is -2.48. The van der Waals surface area contributed by atoms with Crippen molar-refractivity contribution in [2.75, 3.05) is 44.6 Å².